The monoisotopic (exact) mass is 334 g/mol. The minimum atomic E-state index is -2.02. The minimum Gasteiger partial charge on any atom is -0.468 e. The molecule has 0 fully saturated rings. The van der Waals surface area contributed by atoms with Gasteiger partial charge in [0.15, 0.2) is 8.32 Å². The van der Waals surface area contributed by atoms with Crippen LogP contribution in [0.15, 0.2) is 42.5 Å². The van der Waals surface area contributed by atoms with Gasteiger partial charge in [-0.25, -0.2) is 0 Å². The van der Waals surface area contributed by atoms with Gasteiger partial charge in [-0.1, -0.05) is 63.3 Å². The molecule has 1 aromatic carbocycles. The van der Waals surface area contributed by atoms with Crippen molar-refractivity contribution >= 4 is 14.3 Å². The third kappa shape index (κ3) is 5.04. The summed E-state index contributed by atoms with van der Waals surface area (Å²) in [6, 6.07) is 9.71. The van der Waals surface area contributed by atoms with Crippen molar-refractivity contribution in [2.75, 3.05) is 7.11 Å². The van der Waals surface area contributed by atoms with Crippen molar-refractivity contribution in [3.8, 4) is 0 Å². The van der Waals surface area contributed by atoms with Crippen LogP contribution in [0.1, 0.15) is 39.2 Å². The van der Waals surface area contributed by atoms with Crippen LogP contribution in [-0.2, 0) is 14.0 Å². The molecule has 0 bridgehead atoms. The normalized spacial score (nSPS) is 15.4. The maximum absolute atomic E-state index is 12.4. The summed E-state index contributed by atoms with van der Waals surface area (Å²) >= 11 is 0. The van der Waals surface area contributed by atoms with Gasteiger partial charge in [0, 0.05) is 0 Å². The first-order valence-electron chi connectivity index (χ1n) is 8.07. The molecule has 2 atom stereocenters. The third-order valence-corrected chi connectivity index (χ3v) is 9.04. The van der Waals surface area contributed by atoms with Crippen molar-refractivity contribution < 1.29 is 14.0 Å². The van der Waals surface area contributed by atoms with Gasteiger partial charge in [0.05, 0.1) is 13.2 Å². The predicted octanol–water partition coefficient (Wildman–Crippen LogP) is 4.91. The summed E-state index contributed by atoms with van der Waals surface area (Å²) in [5.41, 5.74) is 0.918. The van der Waals surface area contributed by atoms with E-state index in [0.717, 1.165) is 5.56 Å². The Morgan fingerprint density at radius 1 is 1.17 bits per heavy atom. The molecular weight excluding hydrogens is 304 g/mol. The standard InChI is InChI=1S/C19H30O3Si/c1-8-12-16(22-23(6,7)19(2,3)4)17(18(20)21-5)15-13-10-9-11-14-15/h8-14,16-17H,1-7H3/b12-8+/t16-,17+/m1/s1. The van der Waals surface area contributed by atoms with Crippen LogP contribution in [0.25, 0.3) is 0 Å². The molecule has 0 aliphatic carbocycles. The van der Waals surface area contributed by atoms with E-state index in [0.29, 0.717) is 0 Å². The SMILES string of the molecule is C/C=C/[C@@H](O[Si](C)(C)C(C)(C)C)[C@@H](C(=O)OC)c1ccccc1. The molecule has 0 saturated carbocycles. The summed E-state index contributed by atoms with van der Waals surface area (Å²) in [7, 11) is -0.591. The highest BCUT2D eigenvalue weighted by molar-refractivity contribution is 6.74. The van der Waals surface area contributed by atoms with Gasteiger partial charge >= 0.3 is 5.97 Å². The van der Waals surface area contributed by atoms with Crippen LogP contribution in [0.3, 0.4) is 0 Å². The Morgan fingerprint density at radius 3 is 2.17 bits per heavy atom. The summed E-state index contributed by atoms with van der Waals surface area (Å²) in [4.78, 5) is 12.4. The Labute approximate surface area is 141 Å². The molecule has 128 valence electrons. The lowest BCUT2D eigenvalue weighted by Crippen LogP contribution is -2.46. The number of hydrogen-bond acceptors (Lipinski definition) is 3. The molecule has 1 aromatic rings. The number of hydrogen-bond donors (Lipinski definition) is 0. The molecule has 0 heterocycles. The number of carbonyl (C=O) groups excluding carboxylic acids is 1. The molecule has 4 heteroatoms. The summed E-state index contributed by atoms with van der Waals surface area (Å²) in [6.45, 7) is 12.9. The van der Waals surface area contributed by atoms with Crippen molar-refractivity contribution in [2.24, 2.45) is 0 Å². The van der Waals surface area contributed by atoms with Crippen LogP contribution >= 0.6 is 0 Å². The highest BCUT2D eigenvalue weighted by atomic mass is 28.4. The van der Waals surface area contributed by atoms with Gasteiger partial charge in [0.1, 0.15) is 5.92 Å². The first kappa shape index (κ1) is 19.7. The van der Waals surface area contributed by atoms with Gasteiger partial charge in [-0.15, -0.1) is 0 Å². The van der Waals surface area contributed by atoms with E-state index < -0.39 is 14.2 Å². The molecule has 3 nitrogen and oxygen atoms in total. The zero-order valence-electron chi connectivity index (χ0n) is 15.4. The van der Waals surface area contributed by atoms with Crippen LogP contribution in [0, 0.1) is 0 Å². The summed E-state index contributed by atoms with van der Waals surface area (Å²) in [5, 5.41) is 0.0736. The van der Waals surface area contributed by atoms with Crippen LogP contribution in [0.5, 0.6) is 0 Å². The maximum Gasteiger partial charge on any atom is 0.316 e. The summed E-state index contributed by atoms with van der Waals surface area (Å²) in [6.07, 6.45) is 3.59. The number of allylic oxidation sites excluding steroid dienone is 1. The molecule has 0 aromatic heterocycles. The zero-order valence-corrected chi connectivity index (χ0v) is 16.4. The van der Waals surface area contributed by atoms with Gasteiger partial charge in [0.2, 0.25) is 0 Å². The van der Waals surface area contributed by atoms with Gasteiger partial charge in [0.25, 0.3) is 0 Å². The summed E-state index contributed by atoms with van der Waals surface area (Å²) in [5.74, 6) is -0.718. The topological polar surface area (TPSA) is 35.5 Å². The average molecular weight is 335 g/mol. The number of benzene rings is 1. The molecule has 0 N–H and O–H groups in total. The summed E-state index contributed by atoms with van der Waals surface area (Å²) < 4.78 is 11.6. The van der Waals surface area contributed by atoms with Crippen LogP contribution in [0.2, 0.25) is 18.1 Å². The Balaban J connectivity index is 3.24. The Hall–Kier alpha value is -1.39. The number of methoxy groups -OCH3 is 1. The molecule has 0 spiro atoms. The lowest BCUT2D eigenvalue weighted by molar-refractivity contribution is -0.144. The Kier molecular flexibility index (Phi) is 6.78. The zero-order chi connectivity index (χ0) is 17.7. The molecule has 0 amide bonds. The lowest BCUT2D eigenvalue weighted by Gasteiger charge is -2.40. The molecule has 0 aliphatic heterocycles. The Bertz CT molecular complexity index is 529. The fourth-order valence-electron chi connectivity index (χ4n) is 2.17. The van der Waals surface area contributed by atoms with Crippen molar-refractivity contribution in [3.05, 3.63) is 48.0 Å². The van der Waals surface area contributed by atoms with E-state index in [2.05, 4.69) is 33.9 Å². The van der Waals surface area contributed by atoms with Gasteiger partial charge in [-0.2, -0.15) is 0 Å². The maximum atomic E-state index is 12.4. The largest absolute Gasteiger partial charge is 0.468 e. The second kappa shape index (κ2) is 7.93. The highest BCUT2D eigenvalue weighted by Gasteiger charge is 2.42. The molecule has 0 radical (unpaired) electrons. The fraction of sp³-hybridized carbons (Fsp3) is 0.526. The van der Waals surface area contributed by atoms with Crippen LogP contribution < -0.4 is 0 Å². The minimum absolute atomic E-state index is 0.0736. The first-order valence-corrected chi connectivity index (χ1v) is 11.0. The smallest absolute Gasteiger partial charge is 0.316 e. The quantitative estimate of drug-likeness (QED) is 0.421. The number of ether oxygens (including phenoxy) is 1. The molecule has 0 aliphatic rings. The van der Waals surface area contributed by atoms with E-state index in [9.17, 15) is 4.79 Å². The van der Waals surface area contributed by atoms with Gasteiger partial charge < -0.3 is 9.16 Å². The fourth-order valence-corrected chi connectivity index (χ4v) is 3.42. The van der Waals surface area contributed by atoms with Crippen molar-refractivity contribution in [3.63, 3.8) is 0 Å². The van der Waals surface area contributed by atoms with E-state index in [-0.39, 0.29) is 17.1 Å². The number of rotatable bonds is 6. The van der Waals surface area contributed by atoms with E-state index in [1.165, 1.54) is 7.11 Å². The molecule has 1 rings (SSSR count). The van der Waals surface area contributed by atoms with E-state index in [1.54, 1.807) is 0 Å². The molecular formula is C19H30O3Si. The van der Waals surface area contributed by atoms with E-state index in [1.807, 2.05) is 49.4 Å². The first-order chi connectivity index (χ1) is 10.6. The number of esters is 1. The molecule has 0 saturated heterocycles. The van der Waals surface area contributed by atoms with Crippen molar-refractivity contribution in [1.82, 2.24) is 0 Å². The van der Waals surface area contributed by atoms with E-state index in [4.69, 9.17) is 9.16 Å². The predicted molar refractivity (Wildman–Crippen MR) is 98.1 cm³/mol. The third-order valence-electron chi connectivity index (χ3n) is 4.56. The van der Waals surface area contributed by atoms with Crippen molar-refractivity contribution in [2.45, 2.75) is 57.8 Å². The van der Waals surface area contributed by atoms with Gasteiger partial charge in [-0.3, -0.25) is 4.79 Å². The average Bonchev–Trinajstić information content (AvgIpc) is 2.47. The Morgan fingerprint density at radius 2 is 1.74 bits per heavy atom. The van der Waals surface area contributed by atoms with Crippen LogP contribution in [-0.4, -0.2) is 27.5 Å². The van der Waals surface area contributed by atoms with Gasteiger partial charge in [-0.05, 0) is 30.6 Å². The molecule has 0 unspecified atom stereocenters. The highest BCUT2D eigenvalue weighted by Crippen LogP contribution is 2.39. The molecule has 23 heavy (non-hydrogen) atoms. The van der Waals surface area contributed by atoms with Crippen molar-refractivity contribution in [1.29, 1.82) is 0 Å². The second-order valence-electron chi connectivity index (χ2n) is 7.28. The number of carbonyl (C=O) groups is 1. The van der Waals surface area contributed by atoms with E-state index >= 15 is 0 Å². The van der Waals surface area contributed by atoms with Crippen LogP contribution in [0.4, 0.5) is 0 Å². The second-order valence-corrected chi connectivity index (χ2v) is 12.0. The lowest BCUT2D eigenvalue weighted by atomic mass is 9.93.